The maximum Gasteiger partial charge on any atom is 0.288 e. The molecule has 1 atom stereocenters. The van der Waals surface area contributed by atoms with E-state index in [1.165, 1.54) is 18.7 Å². The van der Waals surface area contributed by atoms with E-state index in [9.17, 15) is 10.1 Å². The molecular weight excluding hydrogens is 460 g/mol. The highest BCUT2D eigenvalue weighted by atomic mass is 79.9. The first-order valence-electron chi connectivity index (χ1n) is 10.4. The summed E-state index contributed by atoms with van der Waals surface area (Å²) in [6.07, 6.45) is 4.98. The molecule has 0 fully saturated rings. The van der Waals surface area contributed by atoms with Gasteiger partial charge in [-0.2, -0.15) is 0 Å². The van der Waals surface area contributed by atoms with Crippen molar-refractivity contribution in [2.24, 2.45) is 5.92 Å². The summed E-state index contributed by atoms with van der Waals surface area (Å²) >= 11 is 3.41. The van der Waals surface area contributed by atoms with Crippen molar-refractivity contribution >= 4 is 33.4 Å². The van der Waals surface area contributed by atoms with E-state index in [2.05, 4.69) is 72.8 Å². The molecule has 0 aliphatic carbocycles. The second-order valence-electron chi connectivity index (χ2n) is 9.02. The Kier molecular flexibility index (Phi) is 5.28. The van der Waals surface area contributed by atoms with Gasteiger partial charge in [-0.3, -0.25) is 10.1 Å². The highest BCUT2D eigenvalue weighted by molar-refractivity contribution is 9.10. The van der Waals surface area contributed by atoms with Crippen LogP contribution in [0.15, 0.2) is 40.9 Å². The summed E-state index contributed by atoms with van der Waals surface area (Å²) < 4.78 is 12.7. The predicted octanol–water partition coefficient (Wildman–Crippen LogP) is 6.31. The fourth-order valence-corrected chi connectivity index (χ4v) is 5.22. The van der Waals surface area contributed by atoms with Gasteiger partial charge in [0.1, 0.15) is 4.47 Å². The number of fused-ring (bicyclic) bond motifs is 2. The van der Waals surface area contributed by atoms with Gasteiger partial charge in [0.25, 0.3) is 5.69 Å². The van der Waals surface area contributed by atoms with Crippen molar-refractivity contribution in [3.05, 3.63) is 62.1 Å². The van der Waals surface area contributed by atoms with Gasteiger partial charge in [-0.15, -0.1) is 0 Å². The van der Waals surface area contributed by atoms with Crippen LogP contribution in [0.25, 0.3) is 6.08 Å². The lowest BCUT2D eigenvalue weighted by Gasteiger charge is -2.47. The molecular formula is C24H27BrN2O4. The standard InChI is InChI=1S/C24H27BrN2O4/c1-15(2)11-13-26-18-9-7-6-8-17(18)23(3,4)24(26)12-10-16-21(25)19(27(28)29)14-20(30-5)22(16)31-24/h6-10,12,14-15H,11,13H2,1-5H3. The van der Waals surface area contributed by atoms with Crippen molar-refractivity contribution in [2.75, 3.05) is 18.6 Å². The number of nitro groups is 1. The van der Waals surface area contributed by atoms with Crippen LogP contribution < -0.4 is 14.4 Å². The van der Waals surface area contributed by atoms with Gasteiger partial charge in [0.05, 0.1) is 23.5 Å². The smallest absolute Gasteiger partial charge is 0.288 e. The Balaban J connectivity index is 1.91. The van der Waals surface area contributed by atoms with Gasteiger partial charge in [0.15, 0.2) is 11.5 Å². The third-order valence-electron chi connectivity index (χ3n) is 6.44. The van der Waals surface area contributed by atoms with Gasteiger partial charge in [-0.1, -0.05) is 32.0 Å². The summed E-state index contributed by atoms with van der Waals surface area (Å²) in [5.41, 5.74) is 1.79. The molecule has 0 bridgehead atoms. The molecule has 6 nitrogen and oxygen atoms in total. The minimum absolute atomic E-state index is 0.0505. The molecule has 7 heteroatoms. The molecule has 0 N–H and O–H groups in total. The Hall–Kier alpha value is -2.54. The van der Waals surface area contributed by atoms with E-state index in [1.807, 2.05) is 12.2 Å². The third kappa shape index (κ3) is 3.13. The molecule has 0 radical (unpaired) electrons. The number of para-hydroxylation sites is 1. The molecule has 31 heavy (non-hydrogen) atoms. The maximum absolute atomic E-state index is 11.5. The Morgan fingerprint density at radius 1 is 1.29 bits per heavy atom. The normalized spacial score (nSPS) is 20.5. The first-order chi connectivity index (χ1) is 14.6. The summed E-state index contributed by atoms with van der Waals surface area (Å²) in [7, 11) is 1.51. The van der Waals surface area contributed by atoms with Crippen LogP contribution in [0.4, 0.5) is 11.4 Å². The van der Waals surface area contributed by atoms with Crippen LogP contribution in [0, 0.1) is 16.0 Å². The number of anilines is 1. The van der Waals surface area contributed by atoms with Crippen LogP contribution in [0.3, 0.4) is 0 Å². The Morgan fingerprint density at radius 3 is 2.65 bits per heavy atom. The van der Waals surface area contributed by atoms with Crippen molar-refractivity contribution in [1.82, 2.24) is 0 Å². The van der Waals surface area contributed by atoms with E-state index in [1.54, 1.807) is 0 Å². The summed E-state index contributed by atoms with van der Waals surface area (Å²) in [6.45, 7) is 9.62. The van der Waals surface area contributed by atoms with Gasteiger partial charge < -0.3 is 14.4 Å². The topological polar surface area (TPSA) is 64.8 Å². The molecule has 2 heterocycles. The maximum atomic E-state index is 11.5. The first-order valence-corrected chi connectivity index (χ1v) is 11.2. The second-order valence-corrected chi connectivity index (χ2v) is 9.81. The third-order valence-corrected chi connectivity index (χ3v) is 7.28. The summed E-state index contributed by atoms with van der Waals surface area (Å²) in [5.74, 6) is 1.40. The van der Waals surface area contributed by atoms with Crippen LogP contribution in [-0.4, -0.2) is 24.3 Å². The van der Waals surface area contributed by atoms with Gasteiger partial charge in [-0.05, 0) is 65.9 Å². The summed E-state index contributed by atoms with van der Waals surface area (Å²) in [5, 5.41) is 11.5. The number of halogens is 1. The second kappa shape index (κ2) is 7.55. The molecule has 2 aliphatic heterocycles. The fraction of sp³-hybridized carbons (Fsp3) is 0.417. The van der Waals surface area contributed by atoms with Crippen LogP contribution in [0.2, 0.25) is 0 Å². The number of hydrogen-bond acceptors (Lipinski definition) is 5. The summed E-state index contributed by atoms with van der Waals surface area (Å²) in [6, 6.07) is 9.83. The lowest BCUT2D eigenvalue weighted by Crippen LogP contribution is -2.59. The molecule has 2 aromatic carbocycles. The molecule has 0 saturated heterocycles. The lowest BCUT2D eigenvalue weighted by molar-refractivity contribution is -0.385. The van der Waals surface area contributed by atoms with E-state index in [0.717, 1.165) is 18.7 Å². The van der Waals surface area contributed by atoms with Crippen molar-refractivity contribution < 1.29 is 14.4 Å². The Labute approximate surface area is 191 Å². The van der Waals surface area contributed by atoms with Gasteiger partial charge in [0, 0.05) is 17.8 Å². The number of nitrogens with zero attached hydrogens (tertiary/aromatic N) is 2. The van der Waals surface area contributed by atoms with Crippen LogP contribution in [0.1, 0.15) is 45.2 Å². The molecule has 164 valence electrons. The molecule has 2 aromatic rings. The molecule has 4 rings (SSSR count). The molecule has 0 aromatic heterocycles. The quantitative estimate of drug-likeness (QED) is 0.365. The van der Waals surface area contributed by atoms with Crippen LogP contribution in [-0.2, 0) is 5.41 Å². The minimum atomic E-state index is -0.776. The van der Waals surface area contributed by atoms with E-state index in [-0.39, 0.29) is 11.1 Å². The van der Waals surface area contributed by atoms with Crippen molar-refractivity contribution in [1.29, 1.82) is 0 Å². The lowest BCUT2D eigenvalue weighted by atomic mass is 9.76. The van der Waals surface area contributed by atoms with E-state index >= 15 is 0 Å². The Morgan fingerprint density at radius 2 is 2.00 bits per heavy atom. The summed E-state index contributed by atoms with van der Waals surface area (Å²) in [4.78, 5) is 13.4. The Bertz CT molecular complexity index is 1080. The monoisotopic (exact) mass is 486 g/mol. The highest BCUT2D eigenvalue weighted by Gasteiger charge is 2.59. The zero-order valence-electron chi connectivity index (χ0n) is 18.4. The zero-order chi connectivity index (χ0) is 22.6. The van der Waals surface area contributed by atoms with E-state index < -0.39 is 10.6 Å². The highest BCUT2D eigenvalue weighted by Crippen LogP contribution is 2.57. The van der Waals surface area contributed by atoms with Gasteiger partial charge in [0.2, 0.25) is 5.72 Å². The van der Waals surface area contributed by atoms with Crippen molar-refractivity contribution in [3.63, 3.8) is 0 Å². The fourth-order valence-electron chi connectivity index (χ4n) is 4.65. The number of nitro benzene ring substituents is 1. The minimum Gasteiger partial charge on any atom is -0.493 e. The van der Waals surface area contributed by atoms with Gasteiger partial charge >= 0.3 is 0 Å². The molecule has 0 saturated carbocycles. The van der Waals surface area contributed by atoms with Crippen molar-refractivity contribution in [3.8, 4) is 11.5 Å². The number of ether oxygens (including phenoxy) is 2. The number of hydrogen-bond donors (Lipinski definition) is 0. The van der Waals surface area contributed by atoms with E-state index in [0.29, 0.717) is 27.5 Å². The molecule has 1 spiro atoms. The predicted molar refractivity (Wildman–Crippen MR) is 126 cm³/mol. The molecule has 1 unspecified atom stereocenters. The van der Waals surface area contributed by atoms with Crippen LogP contribution >= 0.6 is 15.9 Å². The molecule has 0 amide bonds. The first kappa shape index (κ1) is 21.7. The van der Waals surface area contributed by atoms with E-state index in [4.69, 9.17) is 9.47 Å². The SMILES string of the molecule is COc1cc([N+](=O)[O-])c(Br)c2c1OC1(C=C2)N(CCC(C)C)c2ccccc2C1(C)C. The largest absolute Gasteiger partial charge is 0.493 e. The van der Waals surface area contributed by atoms with Crippen LogP contribution in [0.5, 0.6) is 11.5 Å². The van der Waals surface area contributed by atoms with Gasteiger partial charge in [-0.25, -0.2) is 0 Å². The number of methoxy groups -OCH3 is 1. The zero-order valence-corrected chi connectivity index (χ0v) is 20.0. The van der Waals surface area contributed by atoms with Crippen molar-refractivity contribution in [2.45, 2.75) is 45.3 Å². The molecule has 2 aliphatic rings. The number of rotatable bonds is 5. The average Bonchev–Trinajstić information content (AvgIpc) is 2.90. The average molecular weight is 487 g/mol. The number of benzene rings is 2.